The average Bonchev–Trinajstić information content (AvgIpc) is 3.02. The summed E-state index contributed by atoms with van der Waals surface area (Å²) in [6, 6.07) is 8.77. The number of hydrogen-bond acceptors (Lipinski definition) is 4. The van der Waals surface area contributed by atoms with E-state index in [1.165, 1.54) is 11.3 Å². The molecule has 0 spiro atoms. The molecule has 0 radical (unpaired) electrons. The van der Waals surface area contributed by atoms with Crippen LogP contribution in [0.5, 0.6) is 5.75 Å². The highest BCUT2D eigenvalue weighted by Gasteiger charge is 2.21. The minimum Gasteiger partial charge on any atom is -0.497 e. The molecule has 1 heterocycles. The molecule has 0 aliphatic heterocycles. The Hall–Kier alpha value is -1.85. The highest BCUT2D eigenvalue weighted by atomic mass is 32.1. The summed E-state index contributed by atoms with van der Waals surface area (Å²) in [7, 11) is 1.60. The summed E-state index contributed by atoms with van der Waals surface area (Å²) in [6.45, 7) is 3.82. The van der Waals surface area contributed by atoms with Crippen LogP contribution in [0.25, 0.3) is 0 Å². The van der Waals surface area contributed by atoms with Gasteiger partial charge in [0.1, 0.15) is 5.75 Å². The summed E-state index contributed by atoms with van der Waals surface area (Å²) in [6.07, 6.45) is 0.0571. The molecular weight excluding hydrogens is 298 g/mol. The number of aryl methyl sites for hydroxylation is 1. The second kappa shape index (κ2) is 7.42. The van der Waals surface area contributed by atoms with E-state index in [1.807, 2.05) is 18.4 Å². The van der Waals surface area contributed by atoms with Crippen molar-refractivity contribution in [3.05, 3.63) is 51.7 Å². The number of hydrogen-bond donors (Lipinski definition) is 2. The zero-order valence-electron chi connectivity index (χ0n) is 13.0. The number of thiophene rings is 1. The predicted molar refractivity (Wildman–Crippen MR) is 88.6 cm³/mol. The molecule has 1 aromatic carbocycles. The summed E-state index contributed by atoms with van der Waals surface area (Å²) in [5.41, 5.74) is 1.78. The minimum atomic E-state index is -0.764. The van der Waals surface area contributed by atoms with Crippen LogP contribution in [0.3, 0.4) is 0 Å². The first kappa shape index (κ1) is 16.5. The third-order valence-corrected chi connectivity index (χ3v) is 4.58. The number of aliphatic hydroxyl groups is 1. The number of benzene rings is 1. The lowest BCUT2D eigenvalue weighted by molar-refractivity contribution is 0.0855. The van der Waals surface area contributed by atoms with Crippen LogP contribution in [-0.4, -0.2) is 24.2 Å². The molecule has 5 heteroatoms. The molecule has 4 nitrogen and oxygen atoms in total. The van der Waals surface area contributed by atoms with Gasteiger partial charge >= 0.3 is 0 Å². The van der Waals surface area contributed by atoms with E-state index in [2.05, 4.69) is 5.32 Å². The highest BCUT2D eigenvalue weighted by Crippen LogP contribution is 2.22. The van der Waals surface area contributed by atoms with Crippen LogP contribution >= 0.6 is 11.3 Å². The lowest BCUT2D eigenvalue weighted by atomic mass is 10.0. The zero-order valence-corrected chi connectivity index (χ0v) is 13.8. The third-order valence-electron chi connectivity index (χ3n) is 3.62. The van der Waals surface area contributed by atoms with E-state index >= 15 is 0 Å². The van der Waals surface area contributed by atoms with Gasteiger partial charge in [0.25, 0.3) is 5.91 Å². The lowest BCUT2D eigenvalue weighted by Crippen LogP contribution is -2.37. The van der Waals surface area contributed by atoms with Crippen molar-refractivity contribution in [1.29, 1.82) is 0 Å². The molecule has 0 fully saturated rings. The quantitative estimate of drug-likeness (QED) is 0.860. The standard InChI is InChI=1S/C17H21NO3S/c1-4-12-9-10-22-16(12)17(20)18-11(2)15(19)13-5-7-14(21-3)8-6-13/h5-11,15,19H,4H2,1-3H3,(H,18,20). The van der Waals surface area contributed by atoms with Gasteiger partial charge in [-0.1, -0.05) is 19.1 Å². The van der Waals surface area contributed by atoms with Gasteiger partial charge in [0, 0.05) is 0 Å². The monoisotopic (exact) mass is 319 g/mol. The SMILES string of the molecule is CCc1ccsc1C(=O)NC(C)C(O)c1ccc(OC)cc1. The van der Waals surface area contributed by atoms with Crippen LogP contribution in [0.1, 0.15) is 40.8 Å². The largest absolute Gasteiger partial charge is 0.497 e. The Morgan fingerprint density at radius 1 is 1.32 bits per heavy atom. The van der Waals surface area contributed by atoms with Crippen molar-refractivity contribution in [2.45, 2.75) is 32.4 Å². The van der Waals surface area contributed by atoms with Crippen molar-refractivity contribution >= 4 is 17.2 Å². The second-order valence-electron chi connectivity index (χ2n) is 5.11. The summed E-state index contributed by atoms with van der Waals surface area (Å²) in [5, 5.41) is 15.2. The number of carbonyl (C=O) groups excluding carboxylic acids is 1. The van der Waals surface area contributed by atoms with Crippen LogP contribution in [-0.2, 0) is 6.42 Å². The van der Waals surface area contributed by atoms with Gasteiger partial charge in [0.2, 0.25) is 0 Å². The number of rotatable bonds is 6. The summed E-state index contributed by atoms with van der Waals surface area (Å²) >= 11 is 1.43. The molecule has 0 saturated carbocycles. The fourth-order valence-electron chi connectivity index (χ4n) is 2.25. The van der Waals surface area contributed by atoms with Crippen LogP contribution in [0.15, 0.2) is 35.7 Å². The molecule has 0 bridgehead atoms. The zero-order chi connectivity index (χ0) is 16.1. The molecule has 118 valence electrons. The Balaban J connectivity index is 2.04. The van der Waals surface area contributed by atoms with Crippen molar-refractivity contribution < 1.29 is 14.6 Å². The molecule has 1 aromatic heterocycles. The second-order valence-corrected chi connectivity index (χ2v) is 6.02. The van der Waals surface area contributed by atoms with Crippen LogP contribution in [0.4, 0.5) is 0 Å². The molecule has 2 aromatic rings. The molecule has 2 rings (SSSR count). The van der Waals surface area contributed by atoms with Gasteiger partial charge in [-0.15, -0.1) is 11.3 Å². The summed E-state index contributed by atoms with van der Waals surface area (Å²) in [5.74, 6) is 0.603. The third kappa shape index (κ3) is 3.67. The molecule has 2 N–H and O–H groups in total. The van der Waals surface area contributed by atoms with Crippen molar-refractivity contribution in [2.75, 3.05) is 7.11 Å². The maximum absolute atomic E-state index is 12.3. The number of amides is 1. The first-order valence-corrected chi connectivity index (χ1v) is 8.14. The maximum Gasteiger partial charge on any atom is 0.261 e. The predicted octanol–water partition coefficient (Wildman–Crippen LogP) is 3.17. The van der Waals surface area contributed by atoms with E-state index in [4.69, 9.17) is 4.74 Å². The van der Waals surface area contributed by atoms with E-state index in [0.29, 0.717) is 0 Å². The van der Waals surface area contributed by atoms with Gasteiger partial charge in [0.05, 0.1) is 24.1 Å². The topological polar surface area (TPSA) is 58.6 Å². The first-order chi connectivity index (χ1) is 10.6. The summed E-state index contributed by atoms with van der Waals surface area (Å²) < 4.78 is 5.10. The molecule has 0 aliphatic carbocycles. The molecular formula is C17H21NO3S. The molecule has 2 atom stereocenters. The van der Waals surface area contributed by atoms with E-state index in [0.717, 1.165) is 28.2 Å². The molecule has 0 saturated heterocycles. The molecule has 1 amide bonds. The number of aliphatic hydroxyl groups excluding tert-OH is 1. The fourth-order valence-corrected chi connectivity index (χ4v) is 3.15. The number of carbonyl (C=O) groups is 1. The van der Waals surface area contributed by atoms with Gasteiger partial charge in [-0.3, -0.25) is 4.79 Å². The van der Waals surface area contributed by atoms with E-state index < -0.39 is 6.10 Å². The van der Waals surface area contributed by atoms with Crippen molar-refractivity contribution in [3.8, 4) is 5.75 Å². The lowest BCUT2D eigenvalue weighted by Gasteiger charge is -2.21. The maximum atomic E-state index is 12.3. The Labute approximate surface area is 134 Å². The van der Waals surface area contributed by atoms with Gasteiger partial charge in [-0.25, -0.2) is 0 Å². The molecule has 2 unspecified atom stereocenters. The van der Waals surface area contributed by atoms with Gasteiger partial charge in [-0.05, 0) is 48.1 Å². The average molecular weight is 319 g/mol. The van der Waals surface area contributed by atoms with E-state index in [-0.39, 0.29) is 11.9 Å². The molecule has 22 heavy (non-hydrogen) atoms. The van der Waals surface area contributed by atoms with Crippen LogP contribution in [0.2, 0.25) is 0 Å². The Morgan fingerprint density at radius 3 is 2.59 bits per heavy atom. The van der Waals surface area contributed by atoms with Gasteiger partial charge < -0.3 is 15.2 Å². The summed E-state index contributed by atoms with van der Waals surface area (Å²) in [4.78, 5) is 13.0. The van der Waals surface area contributed by atoms with Gasteiger partial charge in [-0.2, -0.15) is 0 Å². The Morgan fingerprint density at radius 2 is 2.00 bits per heavy atom. The first-order valence-electron chi connectivity index (χ1n) is 7.26. The van der Waals surface area contributed by atoms with E-state index in [9.17, 15) is 9.90 Å². The fraction of sp³-hybridized carbons (Fsp3) is 0.353. The van der Waals surface area contributed by atoms with Crippen molar-refractivity contribution in [1.82, 2.24) is 5.32 Å². The molecule has 0 aliphatic rings. The van der Waals surface area contributed by atoms with Crippen LogP contribution in [0, 0.1) is 0 Å². The Kier molecular flexibility index (Phi) is 5.57. The van der Waals surface area contributed by atoms with Crippen molar-refractivity contribution in [2.24, 2.45) is 0 Å². The number of nitrogens with one attached hydrogen (secondary N) is 1. The van der Waals surface area contributed by atoms with Crippen LogP contribution < -0.4 is 10.1 Å². The number of ether oxygens (including phenoxy) is 1. The van der Waals surface area contributed by atoms with Gasteiger partial charge in [0.15, 0.2) is 0 Å². The smallest absolute Gasteiger partial charge is 0.261 e. The van der Waals surface area contributed by atoms with Crippen molar-refractivity contribution in [3.63, 3.8) is 0 Å². The van der Waals surface area contributed by atoms with E-state index in [1.54, 1.807) is 38.3 Å². The number of methoxy groups -OCH3 is 1. The highest BCUT2D eigenvalue weighted by molar-refractivity contribution is 7.12. The normalized spacial score (nSPS) is 13.5. The Bertz CT molecular complexity index is 621. The minimum absolute atomic E-state index is 0.132.